The van der Waals surface area contributed by atoms with E-state index in [2.05, 4.69) is 0 Å². The molecular weight excluding hydrogens is 422 g/mol. The van der Waals surface area contributed by atoms with Crippen molar-refractivity contribution in [1.82, 2.24) is 4.90 Å². The monoisotopic (exact) mass is 447 g/mol. The van der Waals surface area contributed by atoms with E-state index in [1.165, 1.54) is 29.4 Å². The Morgan fingerprint density at radius 3 is 2.27 bits per heavy atom. The summed E-state index contributed by atoms with van der Waals surface area (Å²) >= 11 is 0. The Bertz CT molecular complexity index is 1190. The first-order chi connectivity index (χ1) is 15.6. The molecule has 1 unspecified atom stereocenters. The number of carbonyl (C=O) groups excluding carboxylic acids is 2. The Hall–Kier alpha value is -4.00. The first-order valence-electron chi connectivity index (χ1n) is 10.5. The Morgan fingerprint density at radius 2 is 1.70 bits per heavy atom. The van der Waals surface area contributed by atoms with Crippen LogP contribution in [0.1, 0.15) is 48.5 Å². The minimum absolute atomic E-state index is 0.0265. The van der Waals surface area contributed by atoms with E-state index in [0.717, 1.165) is 5.56 Å². The number of aliphatic hydroxyl groups is 1. The molecule has 33 heavy (non-hydrogen) atoms. The Kier molecular flexibility index (Phi) is 5.72. The van der Waals surface area contributed by atoms with E-state index in [1.807, 2.05) is 45.0 Å². The summed E-state index contributed by atoms with van der Waals surface area (Å²) in [5.74, 6) is -1.06. The van der Waals surface area contributed by atoms with E-state index in [1.54, 1.807) is 18.2 Å². The standard InChI is InChI=1S/C26H25NO6/c1-26(2,3)33-19-12-6-16(7-13-19)15-27-22(17-8-10-18(28)11-9-17)21(24(30)25(27)31)23(29)20-5-4-14-32-20/h4-14,22,28,30H,15H2,1-3H3. The van der Waals surface area contributed by atoms with Gasteiger partial charge in [-0.2, -0.15) is 0 Å². The molecule has 1 aliphatic heterocycles. The number of Topliss-reactive ketones (excluding diaryl/α,β-unsaturated/α-hetero) is 1. The maximum atomic E-state index is 13.1. The van der Waals surface area contributed by atoms with E-state index in [9.17, 15) is 19.8 Å². The summed E-state index contributed by atoms with van der Waals surface area (Å²) in [6.45, 7) is 6.02. The van der Waals surface area contributed by atoms with Crippen LogP contribution in [0.4, 0.5) is 0 Å². The summed E-state index contributed by atoms with van der Waals surface area (Å²) < 4.78 is 11.1. The molecule has 0 fully saturated rings. The van der Waals surface area contributed by atoms with Gasteiger partial charge in [-0.25, -0.2) is 0 Å². The number of phenolic OH excluding ortho intramolecular Hbond substituents is 1. The van der Waals surface area contributed by atoms with Crippen molar-refractivity contribution in [3.8, 4) is 11.5 Å². The third-order valence-electron chi connectivity index (χ3n) is 5.20. The van der Waals surface area contributed by atoms with Gasteiger partial charge in [0.25, 0.3) is 5.91 Å². The number of amides is 1. The van der Waals surface area contributed by atoms with Crippen LogP contribution in [0.5, 0.6) is 11.5 Å². The van der Waals surface area contributed by atoms with E-state index in [-0.39, 0.29) is 29.2 Å². The van der Waals surface area contributed by atoms with Crippen LogP contribution in [0.3, 0.4) is 0 Å². The van der Waals surface area contributed by atoms with Gasteiger partial charge >= 0.3 is 0 Å². The molecule has 1 aromatic heterocycles. The van der Waals surface area contributed by atoms with Gasteiger partial charge in [-0.15, -0.1) is 0 Å². The maximum Gasteiger partial charge on any atom is 0.290 e. The zero-order valence-electron chi connectivity index (χ0n) is 18.6. The number of hydrogen-bond donors (Lipinski definition) is 2. The highest BCUT2D eigenvalue weighted by Crippen LogP contribution is 2.40. The summed E-state index contributed by atoms with van der Waals surface area (Å²) in [6, 6.07) is 15.7. The molecular formula is C26H25NO6. The smallest absolute Gasteiger partial charge is 0.290 e. The number of ketones is 1. The highest BCUT2D eigenvalue weighted by atomic mass is 16.5. The van der Waals surface area contributed by atoms with Crippen molar-refractivity contribution in [2.45, 2.75) is 39.0 Å². The van der Waals surface area contributed by atoms with E-state index in [0.29, 0.717) is 11.3 Å². The zero-order chi connectivity index (χ0) is 23.8. The van der Waals surface area contributed by atoms with Gasteiger partial charge < -0.3 is 24.3 Å². The predicted octanol–water partition coefficient (Wildman–Crippen LogP) is 4.94. The molecule has 3 aromatic rings. The topological polar surface area (TPSA) is 100 Å². The molecule has 7 nitrogen and oxygen atoms in total. The number of aliphatic hydroxyl groups excluding tert-OH is 1. The van der Waals surface area contributed by atoms with Crippen LogP contribution < -0.4 is 4.74 Å². The number of carbonyl (C=O) groups is 2. The number of nitrogens with zero attached hydrogens (tertiary/aromatic N) is 1. The Labute approximate surface area is 191 Å². The first kappa shape index (κ1) is 22.2. The zero-order valence-corrected chi connectivity index (χ0v) is 18.6. The molecule has 0 saturated carbocycles. The number of hydrogen-bond acceptors (Lipinski definition) is 6. The van der Waals surface area contributed by atoms with Gasteiger partial charge in [-0.05, 0) is 68.3 Å². The van der Waals surface area contributed by atoms with Crippen LogP contribution in [0.25, 0.3) is 0 Å². The van der Waals surface area contributed by atoms with Crippen LogP contribution in [0.15, 0.2) is 82.7 Å². The normalized spacial score (nSPS) is 16.4. The van der Waals surface area contributed by atoms with Crippen molar-refractivity contribution in [3.05, 3.63) is 95.1 Å². The second kappa shape index (κ2) is 8.50. The third kappa shape index (κ3) is 4.62. The van der Waals surface area contributed by atoms with Gasteiger partial charge in [-0.3, -0.25) is 9.59 Å². The highest BCUT2D eigenvalue weighted by molar-refractivity contribution is 6.15. The molecule has 1 atom stereocenters. The van der Waals surface area contributed by atoms with Crippen LogP contribution in [-0.4, -0.2) is 32.4 Å². The lowest BCUT2D eigenvalue weighted by atomic mass is 9.95. The van der Waals surface area contributed by atoms with E-state index >= 15 is 0 Å². The lowest BCUT2D eigenvalue weighted by Gasteiger charge is -2.27. The van der Waals surface area contributed by atoms with Crippen LogP contribution >= 0.6 is 0 Å². The van der Waals surface area contributed by atoms with Crippen molar-refractivity contribution < 1.29 is 29.0 Å². The molecule has 2 heterocycles. The largest absolute Gasteiger partial charge is 0.508 e. The molecule has 0 aliphatic carbocycles. The van der Waals surface area contributed by atoms with Crippen molar-refractivity contribution >= 4 is 11.7 Å². The van der Waals surface area contributed by atoms with Crippen LogP contribution in [0, 0.1) is 0 Å². The number of aromatic hydroxyl groups is 1. The van der Waals surface area contributed by atoms with Gasteiger partial charge in [0.1, 0.15) is 17.1 Å². The summed E-state index contributed by atoms with van der Waals surface area (Å²) in [5, 5.41) is 20.4. The van der Waals surface area contributed by atoms with Gasteiger partial charge in [0.05, 0.1) is 17.9 Å². The molecule has 0 spiro atoms. The molecule has 2 aromatic carbocycles. The SMILES string of the molecule is CC(C)(C)Oc1ccc(CN2C(=O)C(O)=C(C(=O)c3ccco3)C2c2ccc(O)cc2)cc1. The Balaban J connectivity index is 1.69. The summed E-state index contributed by atoms with van der Waals surface area (Å²) in [5.41, 5.74) is 0.974. The minimum atomic E-state index is -0.846. The second-order valence-corrected chi connectivity index (χ2v) is 8.85. The molecule has 0 saturated heterocycles. The first-order valence-corrected chi connectivity index (χ1v) is 10.5. The summed E-state index contributed by atoms with van der Waals surface area (Å²) in [4.78, 5) is 27.6. The van der Waals surface area contributed by atoms with Crippen molar-refractivity contribution in [3.63, 3.8) is 0 Å². The number of phenols is 1. The summed E-state index contributed by atoms with van der Waals surface area (Å²) in [7, 11) is 0. The average Bonchev–Trinajstić information content (AvgIpc) is 3.38. The molecule has 7 heteroatoms. The molecule has 1 amide bonds. The van der Waals surface area contributed by atoms with Crippen molar-refractivity contribution in [2.75, 3.05) is 0 Å². The van der Waals surface area contributed by atoms with Gasteiger partial charge in [0.15, 0.2) is 11.5 Å². The maximum absolute atomic E-state index is 13.1. The fourth-order valence-corrected chi connectivity index (χ4v) is 3.81. The molecule has 1 aliphatic rings. The summed E-state index contributed by atoms with van der Waals surface area (Å²) in [6.07, 6.45) is 1.36. The average molecular weight is 447 g/mol. The van der Waals surface area contributed by atoms with Crippen molar-refractivity contribution in [1.29, 1.82) is 0 Å². The molecule has 0 radical (unpaired) electrons. The van der Waals surface area contributed by atoms with Crippen LogP contribution in [-0.2, 0) is 11.3 Å². The Morgan fingerprint density at radius 1 is 1.03 bits per heavy atom. The van der Waals surface area contributed by atoms with Gasteiger partial charge in [-0.1, -0.05) is 24.3 Å². The lowest BCUT2D eigenvalue weighted by molar-refractivity contribution is -0.130. The fraction of sp³-hybridized carbons (Fsp3) is 0.231. The predicted molar refractivity (Wildman–Crippen MR) is 121 cm³/mol. The number of benzene rings is 2. The molecule has 4 rings (SSSR count). The molecule has 0 bridgehead atoms. The fourth-order valence-electron chi connectivity index (χ4n) is 3.81. The number of furan rings is 1. The van der Waals surface area contributed by atoms with Crippen molar-refractivity contribution in [2.24, 2.45) is 0 Å². The number of ether oxygens (including phenoxy) is 1. The number of rotatable bonds is 6. The second-order valence-electron chi connectivity index (χ2n) is 8.85. The van der Waals surface area contributed by atoms with Gasteiger partial charge in [0.2, 0.25) is 5.78 Å². The van der Waals surface area contributed by atoms with Gasteiger partial charge in [0, 0.05) is 6.54 Å². The van der Waals surface area contributed by atoms with Crippen LogP contribution in [0.2, 0.25) is 0 Å². The highest BCUT2D eigenvalue weighted by Gasteiger charge is 2.44. The minimum Gasteiger partial charge on any atom is -0.508 e. The van der Waals surface area contributed by atoms with E-state index < -0.39 is 23.5 Å². The quantitative estimate of drug-likeness (QED) is 0.519. The third-order valence-corrected chi connectivity index (χ3v) is 5.20. The molecule has 2 N–H and O–H groups in total. The lowest BCUT2D eigenvalue weighted by Crippen LogP contribution is -2.30. The van der Waals surface area contributed by atoms with E-state index in [4.69, 9.17) is 9.15 Å². The molecule has 170 valence electrons.